The fourth-order valence-electron chi connectivity index (χ4n) is 2.90. The van der Waals surface area contributed by atoms with Crippen LogP contribution < -0.4 is 10.9 Å². The van der Waals surface area contributed by atoms with E-state index < -0.39 is 0 Å². The number of anilines is 2. The summed E-state index contributed by atoms with van der Waals surface area (Å²) in [6.07, 6.45) is 2.75. The Morgan fingerprint density at radius 1 is 1.05 bits per heavy atom. The van der Waals surface area contributed by atoms with Crippen LogP contribution in [0.2, 0.25) is 0 Å². The Balaban J connectivity index is 1.71. The molecule has 1 aliphatic carbocycles. The monoisotopic (exact) mass is 277 g/mol. The van der Waals surface area contributed by atoms with Gasteiger partial charge in [0.2, 0.25) is 5.95 Å². The van der Waals surface area contributed by atoms with Crippen molar-refractivity contribution in [1.29, 1.82) is 0 Å². The molecule has 1 heterocycles. The smallest absolute Gasteiger partial charge is 0.255 e. The van der Waals surface area contributed by atoms with E-state index in [1.807, 2.05) is 18.2 Å². The zero-order valence-electron chi connectivity index (χ0n) is 11.5. The van der Waals surface area contributed by atoms with Crippen LogP contribution in [0.5, 0.6) is 0 Å². The second kappa shape index (κ2) is 4.74. The van der Waals surface area contributed by atoms with Crippen molar-refractivity contribution >= 4 is 22.4 Å². The summed E-state index contributed by atoms with van der Waals surface area (Å²) in [5.41, 5.74) is 2.69. The molecular formula is C17H15N3O. The predicted molar refractivity (Wildman–Crippen MR) is 84.1 cm³/mol. The minimum atomic E-state index is -0.0132. The van der Waals surface area contributed by atoms with Crippen LogP contribution in [-0.4, -0.2) is 9.97 Å². The number of aromatic amines is 1. The molecule has 1 aliphatic rings. The third-order valence-corrected chi connectivity index (χ3v) is 3.95. The number of hydrogen-bond donors (Lipinski definition) is 2. The number of aromatic nitrogens is 2. The first kappa shape index (κ1) is 12.1. The Bertz CT molecular complexity index is 883. The molecule has 0 amide bonds. The van der Waals surface area contributed by atoms with Crippen molar-refractivity contribution < 1.29 is 0 Å². The zero-order valence-corrected chi connectivity index (χ0v) is 11.5. The molecule has 1 aromatic heterocycles. The first-order chi connectivity index (χ1) is 10.3. The largest absolute Gasteiger partial charge is 0.326 e. The fraction of sp³-hybridized carbons (Fsp3) is 0.176. The first-order valence-electron chi connectivity index (χ1n) is 7.17. The van der Waals surface area contributed by atoms with Crippen LogP contribution >= 0.6 is 0 Å². The Labute approximate surface area is 121 Å². The highest BCUT2D eigenvalue weighted by Crippen LogP contribution is 2.22. The molecule has 0 spiro atoms. The number of nitrogens with zero attached hydrogens (tertiary/aromatic N) is 1. The summed E-state index contributed by atoms with van der Waals surface area (Å²) in [5.74, 6) is 0.524. The van der Waals surface area contributed by atoms with Gasteiger partial charge in [-0.2, -0.15) is 0 Å². The normalized spacial score (nSPS) is 13.3. The van der Waals surface area contributed by atoms with E-state index in [0.717, 1.165) is 41.6 Å². The van der Waals surface area contributed by atoms with Gasteiger partial charge in [-0.15, -0.1) is 0 Å². The molecule has 104 valence electrons. The maximum atomic E-state index is 12.0. The number of rotatable bonds is 2. The third kappa shape index (κ3) is 2.18. The highest BCUT2D eigenvalue weighted by Gasteiger charge is 2.17. The lowest BCUT2D eigenvalue weighted by atomic mass is 10.1. The van der Waals surface area contributed by atoms with Gasteiger partial charge in [0.25, 0.3) is 5.56 Å². The van der Waals surface area contributed by atoms with Gasteiger partial charge < -0.3 is 5.32 Å². The topological polar surface area (TPSA) is 57.8 Å². The Kier molecular flexibility index (Phi) is 2.74. The summed E-state index contributed by atoms with van der Waals surface area (Å²) in [7, 11) is 0. The maximum Gasteiger partial charge on any atom is 0.255 e. The molecule has 21 heavy (non-hydrogen) atoms. The lowest BCUT2D eigenvalue weighted by Gasteiger charge is -2.08. The van der Waals surface area contributed by atoms with E-state index in [0.29, 0.717) is 5.95 Å². The summed E-state index contributed by atoms with van der Waals surface area (Å²) in [6.45, 7) is 0. The van der Waals surface area contributed by atoms with Gasteiger partial charge in [0.1, 0.15) is 0 Å². The van der Waals surface area contributed by atoms with Crippen LogP contribution in [0.25, 0.3) is 10.8 Å². The number of nitrogens with one attached hydrogen (secondary N) is 2. The molecule has 0 atom stereocenters. The Morgan fingerprint density at radius 3 is 2.81 bits per heavy atom. The first-order valence-corrected chi connectivity index (χ1v) is 7.17. The standard InChI is InChI=1S/C17H15N3O/c21-16-14-6-3-7-15(14)19-17(20-16)18-13-9-8-11-4-1-2-5-12(11)10-13/h1-2,4-5,8-10H,3,6-7H2,(H2,18,19,20,21). The quantitative estimate of drug-likeness (QED) is 0.756. The van der Waals surface area contributed by atoms with E-state index in [-0.39, 0.29) is 5.56 Å². The molecule has 0 fully saturated rings. The molecule has 2 aromatic carbocycles. The fourth-order valence-corrected chi connectivity index (χ4v) is 2.90. The minimum absolute atomic E-state index is 0.0132. The van der Waals surface area contributed by atoms with Crippen molar-refractivity contribution in [3.8, 4) is 0 Å². The molecule has 4 rings (SSSR count). The Hall–Kier alpha value is -2.62. The van der Waals surface area contributed by atoms with Crippen LogP contribution in [0, 0.1) is 0 Å². The highest BCUT2D eigenvalue weighted by atomic mass is 16.1. The molecule has 0 saturated heterocycles. The second-order valence-corrected chi connectivity index (χ2v) is 5.38. The number of benzene rings is 2. The van der Waals surface area contributed by atoms with Crippen LogP contribution in [0.4, 0.5) is 11.6 Å². The van der Waals surface area contributed by atoms with Gasteiger partial charge >= 0.3 is 0 Å². The molecule has 0 radical (unpaired) electrons. The van der Waals surface area contributed by atoms with Gasteiger partial charge in [-0.25, -0.2) is 4.98 Å². The van der Waals surface area contributed by atoms with Crippen molar-refractivity contribution in [3.63, 3.8) is 0 Å². The SMILES string of the molecule is O=c1[nH]c(Nc2ccc3ccccc3c2)nc2c1CCC2. The van der Waals surface area contributed by atoms with E-state index in [2.05, 4.69) is 39.6 Å². The molecular weight excluding hydrogens is 262 g/mol. The van der Waals surface area contributed by atoms with Crippen molar-refractivity contribution in [2.24, 2.45) is 0 Å². The van der Waals surface area contributed by atoms with Crippen molar-refractivity contribution in [2.45, 2.75) is 19.3 Å². The number of fused-ring (bicyclic) bond motifs is 2. The second-order valence-electron chi connectivity index (χ2n) is 5.38. The van der Waals surface area contributed by atoms with Crippen LogP contribution in [0.3, 0.4) is 0 Å². The molecule has 0 bridgehead atoms. The Morgan fingerprint density at radius 2 is 1.90 bits per heavy atom. The summed E-state index contributed by atoms with van der Waals surface area (Å²) in [6, 6.07) is 14.3. The molecule has 0 saturated carbocycles. The van der Waals surface area contributed by atoms with Gasteiger partial charge in [0.05, 0.1) is 5.69 Å². The van der Waals surface area contributed by atoms with Crippen LogP contribution in [-0.2, 0) is 12.8 Å². The maximum absolute atomic E-state index is 12.0. The minimum Gasteiger partial charge on any atom is -0.326 e. The van der Waals surface area contributed by atoms with E-state index in [1.54, 1.807) is 0 Å². The average molecular weight is 277 g/mol. The van der Waals surface area contributed by atoms with E-state index in [4.69, 9.17) is 0 Å². The number of aryl methyl sites for hydroxylation is 1. The summed E-state index contributed by atoms with van der Waals surface area (Å²) in [4.78, 5) is 19.3. The predicted octanol–water partition coefficient (Wildman–Crippen LogP) is 3.16. The van der Waals surface area contributed by atoms with Crippen molar-refractivity contribution in [1.82, 2.24) is 9.97 Å². The van der Waals surface area contributed by atoms with Crippen LogP contribution in [0.15, 0.2) is 47.3 Å². The summed E-state index contributed by atoms with van der Waals surface area (Å²) < 4.78 is 0. The van der Waals surface area contributed by atoms with Gasteiger partial charge in [0.15, 0.2) is 0 Å². The van der Waals surface area contributed by atoms with Gasteiger partial charge in [-0.1, -0.05) is 30.3 Å². The number of H-pyrrole nitrogens is 1. The van der Waals surface area contributed by atoms with Crippen LogP contribution in [0.1, 0.15) is 17.7 Å². The molecule has 4 nitrogen and oxygen atoms in total. The molecule has 3 aromatic rings. The van der Waals surface area contributed by atoms with Gasteiger partial charge in [-0.05, 0) is 42.2 Å². The molecule has 2 N–H and O–H groups in total. The van der Waals surface area contributed by atoms with Gasteiger partial charge in [-0.3, -0.25) is 9.78 Å². The lowest BCUT2D eigenvalue weighted by Crippen LogP contribution is -2.16. The third-order valence-electron chi connectivity index (χ3n) is 3.95. The zero-order chi connectivity index (χ0) is 14.2. The van der Waals surface area contributed by atoms with Crippen molar-refractivity contribution in [3.05, 3.63) is 64.1 Å². The molecule has 4 heteroatoms. The molecule has 0 aliphatic heterocycles. The van der Waals surface area contributed by atoms with E-state index in [9.17, 15) is 4.79 Å². The average Bonchev–Trinajstić information content (AvgIpc) is 2.96. The van der Waals surface area contributed by atoms with Crippen molar-refractivity contribution in [2.75, 3.05) is 5.32 Å². The number of hydrogen-bond acceptors (Lipinski definition) is 3. The van der Waals surface area contributed by atoms with Gasteiger partial charge in [0, 0.05) is 11.3 Å². The lowest BCUT2D eigenvalue weighted by molar-refractivity contribution is 0.899. The summed E-state index contributed by atoms with van der Waals surface area (Å²) >= 11 is 0. The van der Waals surface area contributed by atoms with E-state index >= 15 is 0 Å². The molecule has 0 unspecified atom stereocenters. The van der Waals surface area contributed by atoms with E-state index in [1.165, 1.54) is 5.39 Å². The summed E-state index contributed by atoms with van der Waals surface area (Å²) in [5, 5.41) is 5.55. The highest BCUT2D eigenvalue weighted by molar-refractivity contribution is 5.86.